The molecule has 0 unspecified atom stereocenters. The van der Waals surface area contributed by atoms with E-state index in [1.165, 1.54) is 13.0 Å². The molecule has 0 bridgehead atoms. The Labute approximate surface area is 142 Å². The average molecular weight is 350 g/mol. The number of nitrogens with one attached hydrogen (secondary N) is 1. The van der Waals surface area contributed by atoms with Gasteiger partial charge >= 0.3 is 5.97 Å². The third kappa shape index (κ3) is 3.52. The second-order valence-electron chi connectivity index (χ2n) is 6.34. The molecule has 0 saturated heterocycles. The zero-order valence-corrected chi connectivity index (χ0v) is 13.3. The van der Waals surface area contributed by atoms with Crippen LogP contribution >= 0.6 is 0 Å². The van der Waals surface area contributed by atoms with Crippen LogP contribution in [0.25, 0.3) is 0 Å². The molecule has 2 aliphatic rings. The van der Waals surface area contributed by atoms with Crippen molar-refractivity contribution in [1.82, 2.24) is 5.32 Å². The van der Waals surface area contributed by atoms with Gasteiger partial charge in [-0.2, -0.15) is 0 Å². The van der Waals surface area contributed by atoms with E-state index in [4.69, 9.17) is 9.94 Å². The largest absolute Gasteiger partial charge is 0.481 e. The Kier molecular flexibility index (Phi) is 4.28. The highest BCUT2D eigenvalue weighted by Crippen LogP contribution is 2.28. The summed E-state index contributed by atoms with van der Waals surface area (Å²) < 4.78 is 26.7. The van der Waals surface area contributed by atoms with Crippen molar-refractivity contribution in [3.05, 3.63) is 47.5 Å². The molecule has 1 amide bonds. The van der Waals surface area contributed by atoms with Crippen LogP contribution in [0.1, 0.15) is 25.3 Å². The summed E-state index contributed by atoms with van der Waals surface area (Å²) in [5.41, 5.74) is -0.852. The molecule has 132 valence electrons. The first-order valence-corrected chi connectivity index (χ1v) is 7.70. The quantitative estimate of drug-likeness (QED) is 0.813. The highest BCUT2D eigenvalue weighted by molar-refractivity contribution is 6.05. The summed E-state index contributed by atoms with van der Waals surface area (Å²) in [6, 6.07) is 2.57. The Bertz CT molecular complexity index is 773. The minimum absolute atomic E-state index is 0.0422. The van der Waals surface area contributed by atoms with Crippen LogP contribution in [0.4, 0.5) is 8.78 Å². The molecule has 0 saturated carbocycles. The number of aliphatic carboxylic acids is 1. The van der Waals surface area contributed by atoms with Gasteiger partial charge in [-0.15, -0.1) is 0 Å². The number of carboxylic acid groups (broad SMARTS) is 1. The lowest BCUT2D eigenvalue weighted by Gasteiger charge is -2.22. The van der Waals surface area contributed by atoms with Crippen molar-refractivity contribution in [3.8, 4) is 0 Å². The van der Waals surface area contributed by atoms with E-state index < -0.39 is 41.1 Å². The molecule has 3 rings (SSSR count). The van der Waals surface area contributed by atoms with Crippen molar-refractivity contribution in [2.45, 2.75) is 31.4 Å². The second kappa shape index (κ2) is 6.27. The Morgan fingerprint density at radius 2 is 1.96 bits per heavy atom. The summed E-state index contributed by atoms with van der Waals surface area (Å²) in [5, 5.41) is 15.5. The molecule has 2 N–H and O–H groups in total. The van der Waals surface area contributed by atoms with Crippen molar-refractivity contribution >= 4 is 17.6 Å². The predicted molar refractivity (Wildman–Crippen MR) is 83.8 cm³/mol. The fourth-order valence-electron chi connectivity index (χ4n) is 2.85. The molecule has 0 spiro atoms. The molecular weight excluding hydrogens is 334 g/mol. The summed E-state index contributed by atoms with van der Waals surface area (Å²) in [6.07, 6.45) is 3.46. The number of benzene rings is 1. The number of hydrogen-bond donors (Lipinski definition) is 2. The standard InChI is InChI=1S/C17H16F2N2O4/c1-17(16(24)20-13-3-2-9(6-13)15(22)23)8-14(21-25-17)10-4-11(18)7-12(19)5-10/h2-5,7,9,13H,6,8H2,1H3,(H,20,24)(H,22,23)/t9-,13+,17-/m1/s1. The number of carbonyl (C=O) groups is 2. The van der Waals surface area contributed by atoms with Crippen LogP contribution in [0.3, 0.4) is 0 Å². The number of nitrogens with zero attached hydrogens (tertiary/aromatic N) is 1. The van der Waals surface area contributed by atoms with Crippen LogP contribution in [0.15, 0.2) is 35.5 Å². The molecule has 0 fully saturated rings. The molecular formula is C17H16F2N2O4. The van der Waals surface area contributed by atoms with Gasteiger partial charge in [-0.3, -0.25) is 9.59 Å². The molecule has 25 heavy (non-hydrogen) atoms. The number of amides is 1. The van der Waals surface area contributed by atoms with E-state index in [-0.39, 0.29) is 24.1 Å². The molecule has 1 aromatic rings. The number of rotatable bonds is 4. The van der Waals surface area contributed by atoms with E-state index in [2.05, 4.69) is 10.5 Å². The first kappa shape index (κ1) is 17.1. The first-order valence-electron chi connectivity index (χ1n) is 7.70. The van der Waals surface area contributed by atoms with Crippen LogP contribution < -0.4 is 5.32 Å². The molecule has 8 heteroatoms. The summed E-state index contributed by atoms with van der Waals surface area (Å²) in [6.45, 7) is 1.52. The van der Waals surface area contributed by atoms with Crippen LogP contribution in [-0.4, -0.2) is 34.3 Å². The highest BCUT2D eigenvalue weighted by atomic mass is 19.1. The monoisotopic (exact) mass is 350 g/mol. The summed E-state index contributed by atoms with van der Waals surface area (Å²) >= 11 is 0. The average Bonchev–Trinajstić information content (AvgIpc) is 3.14. The highest BCUT2D eigenvalue weighted by Gasteiger charge is 2.43. The van der Waals surface area contributed by atoms with Gasteiger partial charge < -0.3 is 15.3 Å². The molecule has 1 heterocycles. The number of carbonyl (C=O) groups excluding carboxylic acids is 1. The van der Waals surface area contributed by atoms with E-state index in [1.54, 1.807) is 6.08 Å². The van der Waals surface area contributed by atoms with E-state index in [0.29, 0.717) is 0 Å². The van der Waals surface area contributed by atoms with E-state index in [9.17, 15) is 18.4 Å². The third-order valence-electron chi connectivity index (χ3n) is 4.26. The molecule has 0 aromatic heterocycles. The van der Waals surface area contributed by atoms with Crippen LogP contribution in [-0.2, 0) is 14.4 Å². The van der Waals surface area contributed by atoms with Gasteiger partial charge in [0.25, 0.3) is 5.91 Å². The SMILES string of the molecule is C[C@]1(C(=O)N[C@H]2C=C[C@@H](C(=O)O)C2)CC(c2cc(F)cc(F)c2)=NO1. The van der Waals surface area contributed by atoms with Gasteiger partial charge in [0.15, 0.2) is 0 Å². The number of halogens is 2. The van der Waals surface area contributed by atoms with Crippen molar-refractivity contribution < 1.29 is 28.3 Å². The number of carboxylic acids is 1. The molecule has 1 aliphatic carbocycles. The Balaban J connectivity index is 1.65. The molecule has 1 aromatic carbocycles. The minimum Gasteiger partial charge on any atom is -0.481 e. The summed E-state index contributed by atoms with van der Waals surface area (Å²) in [4.78, 5) is 28.6. The Morgan fingerprint density at radius 3 is 2.56 bits per heavy atom. The van der Waals surface area contributed by atoms with Gasteiger partial charge in [0.05, 0.1) is 11.6 Å². The molecule has 6 nitrogen and oxygen atoms in total. The van der Waals surface area contributed by atoms with Gasteiger partial charge in [-0.25, -0.2) is 8.78 Å². The van der Waals surface area contributed by atoms with E-state index >= 15 is 0 Å². The normalized spacial score (nSPS) is 27.7. The lowest BCUT2D eigenvalue weighted by molar-refractivity contribution is -0.143. The van der Waals surface area contributed by atoms with E-state index in [0.717, 1.165) is 18.2 Å². The molecule has 3 atom stereocenters. The van der Waals surface area contributed by atoms with Crippen molar-refractivity contribution in [2.24, 2.45) is 11.1 Å². The first-order chi connectivity index (χ1) is 11.8. The van der Waals surface area contributed by atoms with Crippen molar-refractivity contribution in [1.29, 1.82) is 0 Å². The summed E-state index contributed by atoms with van der Waals surface area (Å²) in [5.74, 6) is -3.54. The van der Waals surface area contributed by atoms with Crippen LogP contribution in [0.5, 0.6) is 0 Å². The lowest BCUT2D eigenvalue weighted by Crippen LogP contribution is -2.48. The van der Waals surface area contributed by atoms with Crippen LogP contribution in [0.2, 0.25) is 0 Å². The summed E-state index contributed by atoms with van der Waals surface area (Å²) in [7, 11) is 0. The maximum Gasteiger partial charge on any atom is 0.310 e. The Hall–Kier alpha value is -2.77. The fourth-order valence-corrected chi connectivity index (χ4v) is 2.85. The van der Waals surface area contributed by atoms with Gasteiger partial charge in [0.2, 0.25) is 5.60 Å². The minimum atomic E-state index is -1.33. The topological polar surface area (TPSA) is 88.0 Å². The predicted octanol–water partition coefficient (Wildman–Crippen LogP) is 1.99. The number of oxime groups is 1. The lowest BCUT2D eigenvalue weighted by atomic mass is 9.94. The van der Waals surface area contributed by atoms with Gasteiger partial charge in [0, 0.05) is 24.1 Å². The zero-order valence-electron chi connectivity index (χ0n) is 13.3. The molecule has 1 aliphatic heterocycles. The van der Waals surface area contributed by atoms with Gasteiger partial charge in [-0.1, -0.05) is 17.3 Å². The third-order valence-corrected chi connectivity index (χ3v) is 4.26. The molecule has 0 radical (unpaired) electrons. The Morgan fingerprint density at radius 1 is 1.28 bits per heavy atom. The fraction of sp³-hybridized carbons (Fsp3) is 0.353. The maximum absolute atomic E-state index is 13.3. The van der Waals surface area contributed by atoms with Crippen molar-refractivity contribution in [2.75, 3.05) is 0 Å². The van der Waals surface area contributed by atoms with E-state index in [1.807, 2.05) is 0 Å². The smallest absolute Gasteiger partial charge is 0.310 e. The van der Waals surface area contributed by atoms with Crippen molar-refractivity contribution in [3.63, 3.8) is 0 Å². The second-order valence-corrected chi connectivity index (χ2v) is 6.34. The van der Waals surface area contributed by atoms with Gasteiger partial charge in [-0.05, 0) is 25.5 Å². The maximum atomic E-state index is 13.3. The van der Waals surface area contributed by atoms with Gasteiger partial charge in [0.1, 0.15) is 11.6 Å². The van der Waals surface area contributed by atoms with Crippen LogP contribution in [0, 0.1) is 17.6 Å². The number of hydrogen-bond acceptors (Lipinski definition) is 4. The zero-order chi connectivity index (χ0) is 18.2.